The summed E-state index contributed by atoms with van der Waals surface area (Å²) in [5, 5.41) is 4.32. The number of nitrogens with zero attached hydrogens (tertiary/aromatic N) is 2. The second-order valence-electron chi connectivity index (χ2n) is 8.20. The molecule has 0 unspecified atom stereocenters. The Morgan fingerprint density at radius 2 is 2.03 bits per heavy atom. The summed E-state index contributed by atoms with van der Waals surface area (Å²) in [5.41, 5.74) is 2.29. The minimum Gasteiger partial charge on any atom is -0.497 e. The largest absolute Gasteiger partial charge is 0.497 e. The first-order valence-corrected chi connectivity index (χ1v) is 12.1. The molecule has 0 saturated heterocycles. The van der Waals surface area contributed by atoms with Crippen LogP contribution in [-0.2, 0) is 11.3 Å². The molecule has 170 valence electrons. The van der Waals surface area contributed by atoms with Crippen molar-refractivity contribution in [3.63, 3.8) is 0 Å². The van der Waals surface area contributed by atoms with Crippen LogP contribution in [0.5, 0.6) is 5.75 Å². The van der Waals surface area contributed by atoms with Crippen LogP contribution in [0.3, 0.4) is 0 Å². The van der Waals surface area contributed by atoms with Gasteiger partial charge in [0, 0.05) is 18.0 Å². The first-order valence-electron chi connectivity index (χ1n) is 11.1. The number of ether oxygens (including phenoxy) is 1. The normalized spacial score (nSPS) is 14.2. The van der Waals surface area contributed by atoms with Crippen LogP contribution in [0.1, 0.15) is 37.3 Å². The van der Waals surface area contributed by atoms with Crippen LogP contribution in [0.15, 0.2) is 62.9 Å². The summed E-state index contributed by atoms with van der Waals surface area (Å²) in [7, 11) is 1.62. The van der Waals surface area contributed by atoms with Crippen molar-refractivity contribution in [1.29, 1.82) is 0 Å². The van der Waals surface area contributed by atoms with Crippen LogP contribution in [0.4, 0.5) is 0 Å². The van der Waals surface area contributed by atoms with Gasteiger partial charge in [0.25, 0.3) is 5.56 Å². The molecule has 1 fully saturated rings. The zero-order valence-electron chi connectivity index (χ0n) is 18.4. The lowest BCUT2D eigenvalue weighted by Crippen LogP contribution is -2.28. The van der Waals surface area contributed by atoms with Gasteiger partial charge in [0.1, 0.15) is 16.8 Å². The van der Waals surface area contributed by atoms with E-state index in [1.165, 1.54) is 11.8 Å². The van der Waals surface area contributed by atoms with Gasteiger partial charge in [0.05, 0.1) is 12.9 Å². The van der Waals surface area contributed by atoms with Crippen LogP contribution in [0, 0.1) is 0 Å². The van der Waals surface area contributed by atoms with Gasteiger partial charge in [0.2, 0.25) is 11.5 Å². The van der Waals surface area contributed by atoms with Gasteiger partial charge in [-0.3, -0.25) is 14.2 Å². The molecule has 5 rings (SSSR count). The molecule has 1 saturated carbocycles. The molecule has 4 aromatic rings. The van der Waals surface area contributed by atoms with E-state index in [0.717, 1.165) is 42.4 Å². The fourth-order valence-corrected chi connectivity index (χ4v) is 5.27. The molecule has 0 atom stereocenters. The van der Waals surface area contributed by atoms with E-state index in [2.05, 4.69) is 5.32 Å². The highest BCUT2D eigenvalue weighted by Gasteiger charge is 2.25. The highest BCUT2D eigenvalue weighted by Crippen LogP contribution is 2.34. The van der Waals surface area contributed by atoms with Crippen molar-refractivity contribution in [2.24, 2.45) is 0 Å². The lowest BCUT2D eigenvalue weighted by molar-refractivity contribution is -0.118. The lowest BCUT2D eigenvalue weighted by Gasteiger charge is -2.17. The quantitative estimate of drug-likeness (QED) is 0.317. The fourth-order valence-electron chi connectivity index (χ4n) is 4.38. The number of rotatable bonds is 7. The Hall–Kier alpha value is -3.26. The molecule has 1 aliphatic rings. The zero-order valence-corrected chi connectivity index (χ0v) is 19.2. The van der Waals surface area contributed by atoms with Crippen molar-refractivity contribution in [3.05, 3.63) is 64.4 Å². The Bertz CT molecular complexity index is 1370. The standard InChI is InChI=1S/C25H25N3O4S/c1-31-18-10-6-7-16(13-18)14-26-21(29)15-33-25-27-22-19-11-4-5-12-20(19)32-23(22)24(30)28(25)17-8-2-3-9-17/h4-7,10-13,17H,2-3,8-9,14-15H2,1H3,(H,26,29). The first kappa shape index (κ1) is 21.6. The number of nitrogens with one attached hydrogen (secondary N) is 1. The van der Waals surface area contributed by atoms with E-state index >= 15 is 0 Å². The van der Waals surface area contributed by atoms with E-state index in [0.29, 0.717) is 22.8 Å². The van der Waals surface area contributed by atoms with Crippen molar-refractivity contribution >= 4 is 39.7 Å². The van der Waals surface area contributed by atoms with Crippen molar-refractivity contribution in [2.75, 3.05) is 12.9 Å². The second kappa shape index (κ2) is 9.31. The topological polar surface area (TPSA) is 86.4 Å². The van der Waals surface area contributed by atoms with E-state index in [1.54, 1.807) is 11.7 Å². The molecule has 0 spiro atoms. The molecule has 0 bridgehead atoms. The molecular weight excluding hydrogens is 438 g/mol. The molecule has 7 nitrogen and oxygen atoms in total. The van der Waals surface area contributed by atoms with Crippen molar-refractivity contribution < 1.29 is 13.9 Å². The number of thioether (sulfide) groups is 1. The number of methoxy groups -OCH3 is 1. The third-order valence-corrected chi connectivity index (χ3v) is 6.99. The summed E-state index contributed by atoms with van der Waals surface area (Å²) in [4.78, 5) is 30.8. The van der Waals surface area contributed by atoms with Gasteiger partial charge in [-0.15, -0.1) is 0 Å². The number of fused-ring (bicyclic) bond motifs is 3. The number of hydrogen-bond donors (Lipinski definition) is 1. The molecule has 2 aromatic heterocycles. The van der Waals surface area contributed by atoms with Gasteiger partial charge in [0.15, 0.2) is 5.16 Å². The minimum atomic E-state index is -0.164. The summed E-state index contributed by atoms with van der Waals surface area (Å²) in [6.45, 7) is 0.408. The minimum absolute atomic E-state index is 0.0879. The summed E-state index contributed by atoms with van der Waals surface area (Å²) in [6, 6.07) is 15.2. The van der Waals surface area contributed by atoms with Gasteiger partial charge in [-0.1, -0.05) is 48.9 Å². The molecule has 2 heterocycles. The molecule has 2 aromatic carbocycles. The Morgan fingerprint density at radius 3 is 2.85 bits per heavy atom. The summed E-state index contributed by atoms with van der Waals surface area (Å²) < 4.78 is 12.9. The number of benzene rings is 2. The Balaban J connectivity index is 1.40. The molecule has 0 radical (unpaired) electrons. The predicted octanol–water partition coefficient (Wildman–Crippen LogP) is 4.67. The zero-order chi connectivity index (χ0) is 22.8. The lowest BCUT2D eigenvalue weighted by atomic mass is 10.2. The fraction of sp³-hybridized carbons (Fsp3) is 0.320. The molecule has 1 amide bonds. The van der Waals surface area contributed by atoms with Crippen LogP contribution < -0.4 is 15.6 Å². The predicted molar refractivity (Wildman–Crippen MR) is 129 cm³/mol. The molecule has 1 N–H and O–H groups in total. The van der Waals surface area contributed by atoms with Crippen LogP contribution in [-0.4, -0.2) is 28.3 Å². The summed E-state index contributed by atoms with van der Waals surface area (Å²) in [5.74, 6) is 0.804. The first-order chi connectivity index (χ1) is 16.1. The number of carbonyl (C=O) groups excluding carboxylic acids is 1. The van der Waals surface area contributed by atoms with Crippen LogP contribution >= 0.6 is 11.8 Å². The van der Waals surface area contributed by atoms with E-state index in [4.69, 9.17) is 14.1 Å². The molecule has 8 heteroatoms. The monoisotopic (exact) mass is 463 g/mol. The van der Waals surface area contributed by atoms with Crippen molar-refractivity contribution in [2.45, 2.75) is 43.4 Å². The van der Waals surface area contributed by atoms with Crippen molar-refractivity contribution in [1.82, 2.24) is 14.9 Å². The Morgan fingerprint density at radius 1 is 1.21 bits per heavy atom. The Kier molecular flexibility index (Phi) is 6.09. The number of amides is 1. The maximum Gasteiger partial charge on any atom is 0.298 e. The van der Waals surface area contributed by atoms with E-state index in [-0.39, 0.29) is 28.8 Å². The summed E-state index contributed by atoms with van der Waals surface area (Å²) in [6.07, 6.45) is 4.03. The molecule has 33 heavy (non-hydrogen) atoms. The van der Waals surface area contributed by atoms with Gasteiger partial charge < -0.3 is 14.5 Å². The van der Waals surface area contributed by atoms with Gasteiger partial charge >= 0.3 is 0 Å². The highest BCUT2D eigenvalue weighted by atomic mass is 32.2. The number of aromatic nitrogens is 2. The highest BCUT2D eigenvalue weighted by molar-refractivity contribution is 7.99. The van der Waals surface area contributed by atoms with E-state index in [1.807, 2.05) is 48.5 Å². The van der Waals surface area contributed by atoms with Gasteiger partial charge in [-0.2, -0.15) is 0 Å². The maximum atomic E-state index is 13.4. The second-order valence-corrected chi connectivity index (χ2v) is 9.14. The number of hydrogen-bond acceptors (Lipinski definition) is 6. The Labute approximate surface area is 195 Å². The molecule has 0 aliphatic heterocycles. The van der Waals surface area contributed by atoms with Crippen LogP contribution in [0.2, 0.25) is 0 Å². The van der Waals surface area contributed by atoms with E-state index < -0.39 is 0 Å². The molecular formula is C25H25N3O4S. The van der Waals surface area contributed by atoms with Gasteiger partial charge in [-0.25, -0.2) is 4.98 Å². The van der Waals surface area contributed by atoms with E-state index in [9.17, 15) is 9.59 Å². The third-order valence-electron chi connectivity index (χ3n) is 6.04. The third kappa shape index (κ3) is 4.35. The SMILES string of the molecule is COc1cccc(CNC(=O)CSc2nc3c(oc4ccccc43)c(=O)n2C2CCCC2)c1. The number of furan rings is 1. The number of carbonyl (C=O) groups is 1. The summed E-state index contributed by atoms with van der Waals surface area (Å²) >= 11 is 1.30. The average Bonchev–Trinajstić information content (AvgIpc) is 3.50. The number of para-hydroxylation sites is 1. The smallest absolute Gasteiger partial charge is 0.298 e. The maximum absolute atomic E-state index is 13.4. The van der Waals surface area contributed by atoms with Crippen molar-refractivity contribution in [3.8, 4) is 5.75 Å². The van der Waals surface area contributed by atoms with Gasteiger partial charge in [-0.05, 0) is 42.7 Å². The molecule has 1 aliphatic carbocycles. The average molecular weight is 464 g/mol. The van der Waals surface area contributed by atoms with Crippen LogP contribution in [0.25, 0.3) is 22.1 Å².